The molecule has 0 radical (unpaired) electrons. The summed E-state index contributed by atoms with van der Waals surface area (Å²) in [6.07, 6.45) is -4.32. The Balaban J connectivity index is 0.000000370. The Bertz CT molecular complexity index is 844. The summed E-state index contributed by atoms with van der Waals surface area (Å²) in [5, 5.41) is 11.0. The second kappa shape index (κ2) is 8.58. The number of hydrogen-bond acceptors (Lipinski definition) is 6. The summed E-state index contributed by atoms with van der Waals surface area (Å²) < 4.78 is 57.6. The maximum Gasteiger partial charge on any atom is 0.490 e. The number of alkyl halides is 3. The van der Waals surface area contributed by atoms with Crippen LogP contribution in [0.1, 0.15) is 13.3 Å². The largest absolute Gasteiger partial charge is 0.490 e. The molecule has 1 N–H and O–H groups in total. The zero-order chi connectivity index (χ0) is 22.0. The van der Waals surface area contributed by atoms with E-state index in [1.807, 2.05) is 28.8 Å². The fourth-order valence-electron chi connectivity index (χ4n) is 3.29. The highest BCUT2D eigenvalue weighted by molar-refractivity contribution is 7.89. The number of carbonyl (C=O) groups excluding carboxylic acids is 1. The van der Waals surface area contributed by atoms with E-state index in [-0.39, 0.29) is 17.2 Å². The molecule has 1 atom stereocenters. The number of sulfonamides is 1. The molecule has 2 fully saturated rings. The van der Waals surface area contributed by atoms with Gasteiger partial charge in [-0.15, -0.1) is 0 Å². The molecule has 13 heteroatoms. The lowest BCUT2D eigenvalue weighted by atomic mass is 9.93. The summed E-state index contributed by atoms with van der Waals surface area (Å²) in [6.45, 7) is 3.55. The van der Waals surface area contributed by atoms with E-state index >= 15 is 0 Å². The van der Waals surface area contributed by atoms with Crippen molar-refractivity contribution >= 4 is 38.9 Å². The number of hydrogen-bond donors (Lipinski definition) is 1. The van der Waals surface area contributed by atoms with Crippen LogP contribution in [0.3, 0.4) is 0 Å². The topological polar surface area (TPSA) is 98.2 Å². The number of likely N-dealkylation sites (N-methyl/N-ethyl adjacent to an activating group) is 1. The second-order valence-corrected chi connectivity index (χ2v) is 9.87. The third-order valence-electron chi connectivity index (χ3n) is 5.05. The van der Waals surface area contributed by atoms with E-state index in [1.54, 1.807) is 27.5 Å². The molecule has 8 nitrogen and oxygen atoms in total. The average molecular weight is 457 g/mol. The Labute approximate surface area is 170 Å². The van der Waals surface area contributed by atoms with Gasteiger partial charge in [-0.05, 0) is 31.8 Å². The number of thiophene rings is 1. The number of piperazine rings is 1. The molecule has 3 rings (SSSR count). The maximum atomic E-state index is 12.3. The SMILES string of the molecule is CCS(=O)(=O)N1CCC2(CN(c3ccsc3)C(=O)CN2C)C1.O=C(O)C(F)(F)F. The van der Waals surface area contributed by atoms with Crippen LogP contribution in [0.5, 0.6) is 0 Å². The number of nitrogens with zero attached hydrogens (tertiary/aromatic N) is 3. The third-order valence-corrected chi connectivity index (χ3v) is 7.55. The van der Waals surface area contributed by atoms with Crippen molar-refractivity contribution in [2.45, 2.75) is 25.1 Å². The normalized spacial score (nSPS) is 23.9. The van der Waals surface area contributed by atoms with E-state index in [2.05, 4.69) is 0 Å². The smallest absolute Gasteiger partial charge is 0.475 e. The molecule has 1 aromatic heterocycles. The molecule has 1 spiro atoms. The second-order valence-electron chi connectivity index (χ2n) is 6.83. The standard InChI is InChI=1S/C14H21N3O3S2.C2HF3O2/c1-3-22(19,20)16-6-5-14(10-16)11-17(12-4-7-21-9-12)13(18)8-15(14)2;3-2(4,5)1(6)7/h4,7,9H,3,5-6,8,10-11H2,1-2H3;(H,6,7). The molecule has 164 valence electrons. The van der Waals surface area contributed by atoms with Crippen molar-refractivity contribution in [3.63, 3.8) is 0 Å². The summed E-state index contributed by atoms with van der Waals surface area (Å²) in [5.74, 6) is -2.56. The van der Waals surface area contributed by atoms with Crippen molar-refractivity contribution in [3.05, 3.63) is 16.8 Å². The molecule has 29 heavy (non-hydrogen) atoms. The van der Waals surface area contributed by atoms with Gasteiger partial charge < -0.3 is 10.0 Å². The Morgan fingerprint density at radius 3 is 2.45 bits per heavy atom. The van der Waals surface area contributed by atoms with Crippen LogP contribution in [0.2, 0.25) is 0 Å². The van der Waals surface area contributed by atoms with Crippen LogP contribution in [0.4, 0.5) is 18.9 Å². The summed E-state index contributed by atoms with van der Waals surface area (Å²) in [4.78, 5) is 25.1. The molecular weight excluding hydrogens is 435 g/mol. The molecule has 0 aromatic carbocycles. The van der Waals surface area contributed by atoms with Crippen LogP contribution >= 0.6 is 11.3 Å². The molecule has 0 aliphatic carbocycles. The van der Waals surface area contributed by atoms with E-state index in [0.29, 0.717) is 26.2 Å². The lowest BCUT2D eigenvalue weighted by molar-refractivity contribution is -0.192. The van der Waals surface area contributed by atoms with Gasteiger partial charge in [0.25, 0.3) is 0 Å². The highest BCUT2D eigenvalue weighted by atomic mass is 32.2. The molecule has 3 heterocycles. The number of carboxylic acids is 1. The van der Waals surface area contributed by atoms with E-state index in [1.165, 1.54) is 0 Å². The Morgan fingerprint density at radius 1 is 1.34 bits per heavy atom. The predicted molar refractivity (Wildman–Crippen MR) is 101 cm³/mol. The fourth-order valence-corrected chi connectivity index (χ4v) is 5.10. The van der Waals surface area contributed by atoms with Gasteiger partial charge in [-0.3, -0.25) is 9.69 Å². The van der Waals surface area contributed by atoms with Crippen LogP contribution < -0.4 is 4.90 Å². The van der Waals surface area contributed by atoms with E-state index in [9.17, 15) is 26.4 Å². The molecule has 2 saturated heterocycles. The van der Waals surface area contributed by atoms with Gasteiger partial charge in [-0.2, -0.15) is 28.8 Å². The third kappa shape index (κ3) is 5.27. The van der Waals surface area contributed by atoms with E-state index in [4.69, 9.17) is 9.90 Å². The number of carbonyl (C=O) groups is 2. The first-order chi connectivity index (χ1) is 13.3. The van der Waals surface area contributed by atoms with Crippen molar-refractivity contribution in [1.82, 2.24) is 9.21 Å². The summed E-state index contributed by atoms with van der Waals surface area (Å²) in [7, 11) is -1.25. The minimum atomic E-state index is -5.08. The molecular formula is C16H22F3N3O5S2. The van der Waals surface area contributed by atoms with Gasteiger partial charge in [-0.25, -0.2) is 13.2 Å². The summed E-state index contributed by atoms with van der Waals surface area (Å²) in [6, 6.07) is 1.94. The molecule has 1 aromatic rings. The number of aliphatic carboxylic acids is 1. The number of amides is 1. The zero-order valence-electron chi connectivity index (χ0n) is 15.8. The molecule has 2 aliphatic rings. The molecule has 0 bridgehead atoms. The Kier molecular flexibility index (Phi) is 6.97. The number of anilines is 1. The minimum absolute atomic E-state index is 0.0725. The first-order valence-electron chi connectivity index (χ1n) is 8.64. The number of carboxylic acid groups (broad SMARTS) is 1. The average Bonchev–Trinajstić information content (AvgIpc) is 3.29. The van der Waals surface area contributed by atoms with Crippen molar-refractivity contribution < 1.29 is 36.3 Å². The van der Waals surface area contributed by atoms with Crippen LogP contribution in [0, 0.1) is 0 Å². The zero-order valence-corrected chi connectivity index (χ0v) is 17.5. The minimum Gasteiger partial charge on any atom is -0.475 e. The highest BCUT2D eigenvalue weighted by Gasteiger charge is 2.49. The van der Waals surface area contributed by atoms with E-state index in [0.717, 1.165) is 12.1 Å². The van der Waals surface area contributed by atoms with Crippen LogP contribution in [0.15, 0.2) is 16.8 Å². The number of halogens is 3. The summed E-state index contributed by atoms with van der Waals surface area (Å²) >= 11 is 1.56. The molecule has 0 saturated carbocycles. The molecule has 1 unspecified atom stereocenters. The maximum absolute atomic E-state index is 12.3. The lowest BCUT2D eigenvalue weighted by Gasteiger charge is -2.46. The van der Waals surface area contributed by atoms with Crippen molar-refractivity contribution in [2.75, 3.05) is 43.9 Å². The first kappa shape index (κ1) is 23.6. The van der Waals surface area contributed by atoms with Gasteiger partial charge >= 0.3 is 12.1 Å². The van der Waals surface area contributed by atoms with Gasteiger partial charge in [-0.1, -0.05) is 0 Å². The molecule has 2 aliphatic heterocycles. The van der Waals surface area contributed by atoms with Crippen molar-refractivity contribution in [1.29, 1.82) is 0 Å². The highest BCUT2D eigenvalue weighted by Crippen LogP contribution is 2.35. The van der Waals surface area contributed by atoms with Gasteiger partial charge in [0.15, 0.2) is 0 Å². The van der Waals surface area contributed by atoms with Crippen LogP contribution in [-0.2, 0) is 19.6 Å². The van der Waals surface area contributed by atoms with Crippen molar-refractivity contribution in [2.24, 2.45) is 0 Å². The van der Waals surface area contributed by atoms with Gasteiger partial charge in [0.05, 0.1) is 23.5 Å². The fraction of sp³-hybridized carbons (Fsp3) is 0.625. The Morgan fingerprint density at radius 2 is 1.97 bits per heavy atom. The first-order valence-corrected chi connectivity index (χ1v) is 11.2. The Hall–Kier alpha value is -1.70. The predicted octanol–water partition coefficient (Wildman–Crippen LogP) is 1.45. The molecule has 1 amide bonds. The monoisotopic (exact) mass is 457 g/mol. The van der Waals surface area contributed by atoms with Gasteiger partial charge in [0.2, 0.25) is 15.9 Å². The van der Waals surface area contributed by atoms with Gasteiger partial charge in [0.1, 0.15) is 0 Å². The quantitative estimate of drug-likeness (QED) is 0.738. The van der Waals surface area contributed by atoms with E-state index < -0.39 is 22.2 Å². The van der Waals surface area contributed by atoms with Gasteiger partial charge in [0, 0.05) is 25.0 Å². The lowest BCUT2D eigenvalue weighted by Crippen LogP contribution is -2.64. The van der Waals surface area contributed by atoms with Crippen molar-refractivity contribution in [3.8, 4) is 0 Å². The number of rotatable bonds is 3. The van der Waals surface area contributed by atoms with Crippen LogP contribution in [0.25, 0.3) is 0 Å². The van der Waals surface area contributed by atoms with Crippen LogP contribution in [-0.4, -0.2) is 85.3 Å². The summed E-state index contributed by atoms with van der Waals surface area (Å²) in [5.41, 5.74) is 0.636.